The van der Waals surface area contributed by atoms with Crippen molar-refractivity contribution < 1.29 is 0 Å². The molecule has 1 heteroatoms. The van der Waals surface area contributed by atoms with E-state index in [9.17, 15) is 0 Å². The van der Waals surface area contributed by atoms with Gasteiger partial charge in [0.05, 0.1) is 0 Å². The fourth-order valence-corrected chi connectivity index (χ4v) is 2.09. The second-order valence-corrected chi connectivity index (χ2v) is 4.86. The summed E-state index contributed by atoms with van der Waals surface area (Å²) in [4.78, 5) is 0. The molecule has 0 nitrogen and oxygen atoms in total. The van der Waals surface area contributed by atoms with E-state index in [-0.39, 0.29) is 23.6 Å². The summed E-state index contributed by atoms with van der Waals surface area (Å²) in [6.45, 7) is 0. The molecule has 0 aliphatic carbocycles. The first-order valence-electron chi connectivity index (χ1n) is 2.43. The van der Waals surface area contributed by atoms with Crippen LogP contribution in [0.25, 0.3) is 0 Å². The van der Waals surface area contributed by atoms with Gasteiger partial charge in [-0.1, -0.05) is 0 Å². The summed E-state index contributed by atoms with van der Waals surface area (Å²) in [6.07, 6.45) is 0. The van der Waals surface area contributed by atoms with Gasteiger partial charge in [-0.25, -0.2) is 0 Å². The molecule has 0 atom stereocenters. The van der Waals surface area contributed by atoms with Crippen molar-refractivity contribution in [1.82, 2.24) is 0 Å². The first-order valence-corrected chi connectivity index (χ1v) is 7.19. The van der Waals surface area contributed by atoms with E-state index in [0.717, 1.165) is 0 Å². The zero-order valence-electron chi connectivity index (χ0n) is 4.72. The second-order valence-electron chi connectivity index (χ2n) is 1.44. The predicted octanol–water partition coefficient (Wildman–Crippen LogP) is 0.864. The predicted molar refractivity (Wildman–Crippen MR) is 36.5 cm³/mol. The van der Waals surface area contributed by atoms with Gasteiger partial charge in [0, 0.05) is 0 Å². The monoisotopic (exact) mass is 300 g/mol. The number of hydrogen-bond acceptors (Lipinski definition) is 0. The maximum absolute atomic E-state index is 2.99. The fourth-order valence-electron chi connectivity index (χ4n) is 0.508. The van der Waals surface area contributed by atoms with E-state index in [1.165, 1.54) is 0 Å². The Morgan fingerprint density at radius 1 is 1.38 bits per heavy atom. The van der Waals surface area contributed by atoms with E-state index >= 15 is 0 Å². The molecule has 0 aromatic heterocycles. The van der Waals surface area contributed by atoms with Gasteiger partial charge in [0.2, 0.25) is 0 Å². The average Bonchev–Trinajstić information content (AvgIpc) is 1.90. The molecule has 0 fully saturated rings. The summed E-state index contributed by atoms with van der Waals surface area (Å²) < 4.78 is 3.86. The van der Waals surface area contributed by atoms with Gasteiger partial charge in [-0.15, -0.1) is 0 Å². The Morgan fingerprint density at radius 2 is 2.00 bits per heavy atom. The van der Waals surface area contributed by atoms with Crippen LogP contribution < -0.4 is 3.22 Å². The third-order valence-corrected chi connectivity index (χ3v) is 3.81. The molecule has 0 heterocycles. The fraction of sp³-hybridized carbons (Fsp3) is 0.143. The number of hydrogen-bond donors (Lipinski definition) is 0. The van der Waals surface area contributed by atoms with Gasteiger partial charge >= 0.3 is 61.7 Å². The molecule has 41 valence electrons. The van der Waals surface area contributed by atoms with Crippen molar-refractivity contribution in [3.05, 3.63) is 30.3 Å². The molecule has 0 saturated carbocycles. The third-order valence-electron chi connectivity index (χ3n) is 0.923. The molecule has 1 aromatic rings. The van der Waals surface area contributed by atoms with Crippen molar-refractivity contribution in [2.75, 3.05) is 0 Å². The summed E-state index contributed by atoms with van der Waals surface area (Å²) >= 11 is -0.138. The van der Waals surface area contributed by atoms with Crippen LogP contribution in [0.15, 0.2) is 24.3 Å². The van der Waals surface area contributed by atoms with E-state index < -0.39 is 0 Å². The van der Waals surface area contributed by atoms with Crippen molar-refractivity contribution in [2.24, 2.45) is 0 Å². The molecule has 1 radical (unpaired) electrons. The Morgan fingerprint density at radius 3 is 2.38 bits per heavy atom. The van der Waals surface area contributed by atoms with Crippen LogP contribution in [0.1, 0.15) is 0 Å². The Balaban J connectivity index is 2.83. The molecule has 1 rings (SSSR count). The van der Waals surface area contributed by atoms with Crippen molar-refractivity contribution in [2.45, 2.75) is 4.58 Å². The Labute approximate surface area is 61.7 Å². The van der Waals surface area contributed by atoms with Crippen LogP contribution in [0.5, 0.6) is 0 Å². The maximum atomic E-state index is 2.99. The van der Waals surface area contributed by atoms with Gasteiger partial charge in [0.25, 0.3) is 0 Å². The molecule has 0 aliphatic rings. The van der Waals surface area contributed by atoms with Crippen LogP contribution in [0.3, 0.4) is 0 Å². The van der Waals surface area contributed by atoms with Gasteiger partial charge in [-0.05, 0) is 0 Å². The Hall–Kier alpha value is 0.116. The molecule has 0 saturated heterocycles. The van der Waals surface area contributed by atoms with Crippen molar-refractivity contribution >= 4 is 26.8 Å². The first-order chi connectivity index (χ1) is 3.93. The minimum absolute atomic E-state index is 0.138. The molecule has 0 bridgehead atoms. The van der Waals surface area contributed by atoms with E-state index in [1.54, 1.807) is 3.22 Å². The second kappa shape index (κ2) is 3.20. The van der Waals surface area contributed by atoms with Gasteiger partial charge < -0.3 is 0 Å². The molecule has 0 spiro atoms. The first kappa shape index (κ1) is 6.24. The molecule has 8 heavy (non-hydrogen) atoms. The molecule has 0 N–H and O–H groups in total. The van der Waals surface area contributed by atoms with Crippen molar-refractivity contribution in [3.63, 3.8) is 0 Å². The average molecular weight is 300 g/mol. The van der Waals surface area contributed by atoms with Gasteiger partial charge in [0.1, 0.15) is 0 Å². The van der Waals surface area contributed by atoms with Crippen LogP contribution in [-0.4, -0.2) is 23.6 Å². The van der Waals surface area contributed by atoms with Crippen molar-refractivity contribution in [3.8, 4) is 0 Å². The summed E-state index contributed by atoms with van der Waals surface area (Å²) in [7, 11) is 0. The van der Waals surface area contributed by atoms with Crippen LogP contribution in [0, 0.1) is 6.07 Å². The summed E-state index contributed by atoms with van der Waals surface area (Å²) in [5, 5.41) is 0. The number of benzene rings is 1. The van der Waals surface area contributed by atoms with Crippen LogP contribution in [-0.2, 0) is 0 Å². The zero-order chi connectivity index (χ0) is 5.82. The van der Waals surface area contributed by atoms with Gasteiger partial charge in [-0.3, -0.25) is 0 Å². The summed E-state index contributed by atoms with van der Waals surface area (Å²) in [5.74, 6) is 0. The minimum atomic E-state index is -0.138. The van der Waals surface area contributed by atoms with Gasteiger partial charge in [0.15, 0.2) is 0 Å². The Bertz CT molecular complexity index is 146. The zero-order valence-corrected chi connectivity index (χ0v) is 7.89. The summed E-state index contributed by atoms with van der Waals surface area (Å²) in [6, 6.07) is 11.3. The molecule has 0 aliphatic heterocycles. The van der Waals surface area contributed by atoms with E-state index in [4.69, 9.17) is 0 Å². The quantitative estimate of drug-likeness (QED) is 0.722. The van der Waals surface area contributed by atoms with Crippen LogP contribution >= 0.6 is 0 Å². The van der Waals surface area contributed by atoms with Crippen molar-refractivity contribution in [1.29, 1.82) is 0 Å². The normalized spacial score (nSPS) is 9.12. The topological polar surface area (TPSA) is 0 Å². The summed E-state index contributed by atoms with van der Waals surface area (Å²) in [5.41, 5.74) is 0. The molecule has 1 aromatic carbocycles. The van der Waals surface area contributed by atoms with Crippen LogP contribution in [0.4, 0.5) is 0 Å². The van der Waals surface area contributed by atoms with E-state index in [2.05, 4.69) is 22.8 Å². The third kappa shape index (κ3) is 1.56. The molecular weight excluding hydrogens is 293 g/mol. The van der Waals surface area contributed by atoms with E-state index in [1.807, 2.05) is 12.1 Å². The van der Waals surface area contributed by atoms with E-state index in [0.29, 0.717) is 0 Å². The molecular formula is C7H7Po. The standard InChI is InChI=1S/C6H4.CH3.Po/c1-2-4-6-5-3-1;;/h1-2,5-6H;1H3;. The molecule has 0 amide bonds. The van der Waals surface area contributed by atoms with Gasteiger partial charge in [-0.2, -0.15) is 0 Å². The number of rotatable bonds is 1. The molecule has 0 unspecified atom stereocenters. The SMILES string of the molecule is [CH3][Po][c]1cc[c]cc1. The Kier molecular flexibility index (Phi) is 2.50. The van der Waals surface area contributed by atoms with Crippen LogP contribution in [0.2, 0.25) is 4.58 Å².